The van der Waals surface area contributed by atoms with Crippen LogP contribution in [0.15, 0.2) is 18.2 Å². The Hall–Kier alpha value is -0.0700. The maximum absolute atomic E-state index is 10.4. The number of aromatic hydroxyl groups is 1. The normalized spacial score (nSPS) is 10.7. The van der Waals surface area contributed by atoms with Gasteiger partial charge in [0.1, 0.15) is 0 Å². The summed E-state index contributed by atoms with van der Waals surface area (Å²) in [6, 6.07) is 4.27. The zero-order valence-corrected chi connectivity index (χ0v) is 8.85. The first-order valence-corrected chi connectivity index (χ1v) is 5.51. The predicted molar refractivity (Wildman–Crippen MR) is 58.6 cm³/mol. The van der Waals surface area contributed by atoms with E-state index in [9.17, 15) is 9.67 Å². The van der Waals surface area contributed by atoms with Crippen molar-refractivity contribution in [3.05, 3.63) is 23.8 Å². The van der Waals surface area contributed by atoms with Crippen LogP contribution in [-0.2, 0) is 15.7 Å². The van der Waals surface area contributed by atoms with E-state index in [-0.39, 0.29) is 47.7 Å². The van der Waals surface area contributed by atoms with Gasteiger partial charge in [-0.05, 0) is 17.7 Å². The molecule has 16 heavy (non-hydrogen) atoms. The molecule has 0 unspecified atom stereocenters. The van der Waals surface area contributed by atoms with Crippen molar-refractivity contribution in [2.75, 3.05) is 7.11 Å². The number of benzene rings is 1. The molecule has 3 N–H and O–H groups in total. The summed E-state index contributed by atoms with van der Waals surface area (Å²) in [7, 11) is -3.09. The Morgan fingerprint density at radius 3 is 2.50 bits per heavy atom. The van der Waals surface area contributed by atoms with E-state index in [0.29, 0.717) is 5.56 Å². The van der Waals surface area contributed by atoms with Gasteiger partial charge >= 0.3 is 37.4 Å². The first-order chi connectivity index (χ1) is 6.92. The molecule has 0 aromatic heterocycles. The molecule has 0 saturated heterocycles. The maximum atomic E-state index is 10.4. The monoisotopic (exact) mass is 258 g/mol. The molecule has 0 fully saturated rings. The topological polar surface area (TPSA) is 96.2 Å². The first-order valence-electron chi connectivity index (χ1n) is 3.98. The van der Waals surface area contributed by atoms with Gasteiger partial charge in [0.25, 0.3) is 0 Å². The van der Waals surface area contributed by atoms with Gasteiger partial charge in [0.2, 0.25) is 0 Å². The van der Waals surface area contributed by atoms with Gasteiger partial charge in [-0.3, -0.25) is 4.52 Å². The Labute approximate surface area is 115 Å². The van der Waals surface area contributed by atoms with Crippen LogP contribution in [0.1, 0.15) is 5.56 Å². The number of phenols is 1. The van der Waals surface area contributed by atoms with Crippen LogP contribution in [0.2, 0.25) is 0 Å². The molecule has 0 heterocycles. The molecule has 0 radical (unpaired) electrons. The van der Waals surface area contributed by atoms with Gasteiger partial charge in [-0.2, -0.15) is 0 Å². The molecule has 0 amide bonds. The van der Waals surface area contributed by atoms with Crippen molar-refractivity contribution in [2.45, 2.75) is 6.61 Å². The molecule has 1 rings (SSSR count). The van der Waals surface area contributed by atoms with Crippen molar-refractivity contribution in [3.63, 3.8) is 0 Å². The van der Waals surface area contributed by atoms with Crippen LogP contribution in [0.25, 0.3) is 0 Å². The minimum atomic E-state index is -4.47. The van der Waals surface area contributed by atoms with Crippen LogP contribution in [0.3, 0.4) is 0 Å². The summed E-state index contributed by atoms with van der Waals surface area (Å²) in [5.41, 5.74) is 0.493. The number of rotatable bonds is 4. The molecular formula is C8H12NaO6P. The third kappa shape index (κ3) is 5.32. The van der Waals surface area contributed by atoms with E-state index in [1.54, 1.807) is 0 Å². The van der Waals surface area contributed by atoms with Gasteiger partial charge in [-0.1, -0.05) is 6.07 Å². The van der Waals surface area contributed by atoms with Crippen molar-refractivity contribution >= 4 is 37.4 Å². The molecule has 0 atom stereocenters. The van der Waals surface area contributed by atoms with Crippen molar-refractivity contribution in [1.82, 2.24) is 0 Å². The van der Waals surface area contributed by atoms with Gasteiger partial charge in [0, 0.05) is 0 Å². The molecule has 0 spiro atoms. The number of phosphoric acid groups is 1. The van der Waals surface area contributed by atoms with Gasteiger partial charge in [-0.15, -0.1) is 0 Å². The fraction of sp³-hybridized carbons (Fsp3) is 0.250. The van der Waals surface area contributed by atoms with Gasteiger partial charge in [0.15, 0.2) is 11.5 Å². The summed E-state index contributed by atoms with van der Waals surface area (Å²) in [4.78, 5) is 16.9. The molecule has 86 valence electrons. The molecule has 0 aliphatic carbocycles. The van der Waals surface area contributed by atoms with Crippen LogP contribution < -0.4 is 4.74 Å². The summed E-state index contributed by atoms with van der Waals surface area (Å²) in [5.74, 6) is 0.180. The van der Waals surface area contributed by atoms with Gasteiger partial charge in [0.05, 0.1) is 13.7 Å². The molecule has 1 aromatic carbocycles. The van der Waals surface area contributed by atoms with Crippen molar-refractivity contribution in [1.29, 1.82) is 0 Å². The minimum absolute atomic E-state index is 0. The fourth-order valence-electron chi connectivity index (χ4n) is 0.970. The van der Waals surface area contributed by atoms with Crippen molar-refractivity contribution in [2.24, 2.45) is 0 Å². The molecule has 0 aliphatic rings. The second-order valence-corrected chi connectivity index (χ2v) is 4.01. The molecule has 6 nitrogen and oxygen atoms in total. The summed E-state index contributed by atoms with van der Waals surface area (Å²) in [6.45, 7) is -0.249. The van der Waals surface area contributed by atoms with Crippen LogP contribution >= 0.6 is 7.82 Å². The first kappa shape index (κ1) is 15.9. The summed E-state index contributed by atoms with van der Waals surface area (Å²) in [6.07, 6.45) is 0. The van der Waals surface area contributed by atoms with E-state index < -0.39 is 7.82 Å². The molecule has 8 heteroatoms. The molecule has 1 aromatic rings. The SMILES string of the molecule is COc1cc(COP(=O)(O)O)ccc1O.[NaH]. The number of hydrogen-bond donors (Lipinski definition) is 3. The Morgan fingerprint density at radius 1 is 1.38 bits per heavy atom. The number of ether oxygens (including phenoxy) is 1. The van der Waals surface area contributed by atoms with E-state index in [1.165, 1.54) is 25.3 Å². The number of hydrogen-bond acceptors (Lipinski definition) is 4. The average Bonchev–Trinajstić information content (AvgIpc) is 2.15. The van der Waals surface area contributed by atoms with Crippen LogP contribution in [0.4, 0.5) is 0 Å². The molecule has 0 aliphatic heterocycles. The Morgan fingerprint density at radius 2 is 2.00 bits per heavy atom. The zero-order valence-electron chi connectivity index (χ0n) is 7.95. The summed E-state index contributed by atoms with van der Waals surface area (Å²) >= 11 is 0. The Bertz CT molecular complexity index is 390. The fourth-order valence-corrected chi connectivity index (χ4v) is 1.29. The van der Waals surface area contributed by atoms with Crippen LogP contribution in [-0.4, -0.2) is 51.6 Å². The van der Waals surface area contributed by atoms with Gasteiger partial charge in [-0.25, -0.2) is 4.57 Å². The number of phenolic OH excluding ortho intramolecular Hbond substituents is 1. The third-order valence-electron chi connectivity index (χ3n) is 1.64. The molecular weight excluding hydrogens is 246 g/mol. The Kier molecular flexibility index (Phi) is 6.58. The summed E-state index contributed by atoms with van der Waals surface area (Å²) in [5, 5.41) is 9.24. The van der Waals surface area contributed by atoms with Crippen molar-refractivity contribution in [3.8, 4) is 11.5 Å². The number of phosphoric ester groups is 1. The standard InChI is InChI=1S/C8H11O6P.Na.H/c1-13-8-4-6(2-3-7(8)9)5-14-15(10,11)12;;/h2-4,9H,5H2,1H3,(H2,10,11,12);;. The third-order valence-corrected chi connectivity index (χ3v) is 2.11. The van der Waals surface area contributed by atoms with Crippen molar-refractivity contribution < 1.29 is 28.7 Å². The van der Waals surface area contributed by atoms with E-state index in [2.05, 4.69) is 4.52 Å². The van der Waals surface area contributed by atoms with Crippen LogP contribution in [0.5, 0.6) is 11.5 Å². The second kappa shape index (κ2) is 6.61. The average molecular weight is 258 g/mol. The Balaban J connectivity index is 0.00000225. The molecule has 0 saturated carbocycles. The predicted octanol–water partition coefficient (Wildman–Crippen LogP) is 0.362. The van der Waals surface area contributed by atoms with Gasteiger partial charge < -0.3 is 19.6 Å². The van der Waals surface area contributed by atoms with E-state index in [4.69, 9.17) is 14.5 Å². The quantitative estimate of drug-likeness (QED) is 0.533. The van der Waals surface area contributed by atoms with E-state index >= 15 is 0 Å². The second-order valence-electron chi connectivity index (χ2n) is 2.77. The van der Waals surface area contributed by atoms with Crippen LogP contribution in [0, 0.1) is 0 Å². The number of methoxy groups -OCH3 is 1. The molecule has 0 bridgehead atoms. The van der Waals surface area contributed by atoms with E-state index in [0.717, 1.165) is 0 Å². The summed E-state index contributed by atoms with van der Waals surface area (Å²) < 4.78 is 19.5. The van der Waals surface area contributed by atoms with E-state index in [1.807, 2.05) is 0 Å². The zero-order chi connectivity index (χ0) is 11.5.